The molecule has 7 nitrogen and oxygen atoms in total. The molecule has 0 atom stereocenters. The summed E-state index contributed by atoms with van der Waals surface area (Å²) in [7, 11) is -2.45. The van der Waals surface area contributed by atoms with E-state index in [9.17, 15) is 13.2 Å². The Morgan fingerprint density at radius 1 is 1.47 bits per heavy atom. The highest BCUT2D eigenvalue weighted by atomic mass is 32.2. The maximum Gasteiger partial charge on any atom is 0.371 e. The van der Waals surface area contributed by atoms with Crippen molar-refractivity contribution in [1.82, 2.24) is 4.31 Å². The third-order valence-corrected chi connectivity index (χ3v) is 4.05. The van der Waals surface area contributed by atoms with Gasteiger partial charge in [0.25, 0.3) is 10.0 Å². The molecule has 19 heavy (non-hydrogen) atoms. The van der Waals surface area contributed by atoms with Gasteiger partial charge >= 0.3 is 5.97 Å². The third-order valence-electron chi connectivity index (χ3n) is 2.31. The molecule has 0 radical (unpaired) electrons. The smallest absolute Gasteiger partial charge is 0.371 e. The first-order valence-corrected chi connectivity index (χ1v) is 7.10. The summed E-state index contributed by atoms with van der Waals surface area (Å²) in [6.45, 7) is 4.10. The van der Waals surface area contributed by atoms with E-state index < -0.39 is 26.8 Å². The van der Waals surface area contributed by atoms with Crippen molar-refractivity contribution in [3.63, 3.8) is 0 Å². The van der Waals surface area contributed by atoms with Gasteiger partial charge in [0.1, 0.15) is 0 Å². The molecule has 8 heteroatoms. The highest BCUT2D eigenvalue weighted by molar-refractivity contribution is 7.89. The molecule has 0 aliphatic heterocycles. The van der Waals surface area contributed by atoms with Crippen LogP contribution in [0.5, 0.6) is 0 Å². The predicted molar refractivity (Wildman–Crippen MR) is 66.6 cm³/mol. The Bertz CT molecular complexity index is 533. The molecule has 0 aromatic carbocycles. The van der Waals surface area contributed by atoms with Crippen LogP contribution in [0.25, 0.3) is 0 Å². The van der Waals surface area contributed by atoms with E-state index in [4.69, 9.17) is 14.3 Å². The SMILES string of the molecule is CC(C)OCCN(C)S(=O)(=O)c1ccc(C(=O)O)o1. The second kappa shape index (κ2) is 6.18. The molecule has 0 aliphatic carbocycles. The van der Waals surface area contributed by atoms with Crippen LogP contribution in [0.15, 0.2) is 21.6 Å². The number of likely N-dealkylation sites (N-methyl/N-ethyl adjacent to an activating group) is 1. The summed E-state index contributed by atoms with van der Waals surface area (Å²) in [5, 5.41) is 8.29. The van der Waals surface area contributed by atoms with Crippen LogP contribution in [0.2, 0.25) is 0 Å². The quantitative estimate of drug-likeness (QED) is 0.805. The van der Waals surface area contributed by atoms with E-state index in [1.807, 2.05) is 13.8 Å². The first-order valence-electron chi connectivity index (χ1n) is 5.66. The van der Waals surface area contributed by atoms with Crippen LogP contribution in [0.1, 0.15) is 24.4 Å². The lowest BCUT2D eigenvalue weighted by molar-refractivity contribution is 0.0654. The summed E-state index contributed by atoms with van der Waals surface area (Å²) < 4.78 is 35.2. The van der Waals surface area contributed by atoms with Crippen molar-refractivity contribution in [3.05, 3.63) is 17.9 Å². The Morgan fingerprint density at radius 3 is 2.58 bits per heavy atom. The fourth-order valence-electron chi connectivity index (χ4n) is 1.26. The summed E-state index contributed by atoms with van der Waals surface area (Å²) in [6, 6.07) is 2.23. The van der Waals surface area contributed by atoms with Crippen LogP contribution in [0.3, 0.4) is 0 Å². The van der Waals surface area contributed by atoms with Gasteiger partial charge < -0.3 is 14.3 Å². The lowest BCUT2D eigenvalue weighted by Gasteiger charge is -2.16. The van der Waals surface area contributed by atoms with Crippen molar-refractivity contribution in [1.29, 1.82) is 0 Å². The van der Waals surface area contributed by atoms with Gasteiger partial charge in [0.05, 0.1) is 12.7 Å². The molecule has 1 aromatic rings. The van der Waals surface area contributed by atoms with Gasteiger partial charge in [0.15, 0.2) is 0 Å². The minimum atomic E-state index is -3.83. The highest BCUT2D eigenvalue weighted by Gasteiger charge is 2.25. The number of rotatable bonds is 7. The molecule has 1 N–H and O–H groups in total. The number of ether oxygens (including phenoxy) is 1. The fraction of sp³-hybridized carbons (Fsp3) is 0.545. The Labute approximate surface area is 111 Å². The largest absolute Gasteiger partial charge is 0.475 e. The molecular weight excluding hydrogens is 274 g/mol. The zero-order valence-corrected chi connectivity index (χ0v) is 11.8. The first-order chi connectivity index (χ1) is 8.75. The number of carboxylic acid groups (broad SMARTS) is 1. The lowest BCUT2D eigenvalue weighted by Crippen LogP contribution is -2.30. The fourth-order valence-corrected chi connectivity index (χ4v) is 2.32. The Kier molecular flexibility index (Phi) is 5.10. The Balaban J connectivity index is 2.75. The summed E-state index contributed by atoms with van der Waals surface area (Å²) in [5.41, 5.74) is 0. The van der Waals surface area contributed by atoms with Crippen molar-refractivity contribution in [2.24, 2.45) is 0 Å². The van der Waals surface area contributed by atoms with Crippen LogP contribution in [0, 0.1) is 0 Å². The normalized spacial score (nSPS) is 12.3. The number of nitrogens with zero attached hydrogens (tertiary/aromatic N) is 1. The molecule has 0 saturated heterocycles. The van der Waals surface area contributed by atoms with E-state index >= 15 is 0 Å². The van der Waals surface area contributed by atoms with Crippen molar-refractivity contribution in [2.75, 3.05) is 20.2 Å². The van der Waals surface area contributed by atoms with Gasteiger partial charge in [0.2, 0.25) is 10.9 Å². The summed E-state index contributed by atoms with van der Waals surface area (Å²) in [4.78, 5) is 10.6. The molecule has 1 aromatic heterocycles. The molecule has 1 rings (SSSR count). The van der Waals surface area contributed by atoms with Gasteiger partial charge in [-0.15, -0.1) is 0 Å². The number of aromatic carboxylic acids is 1. The van der Waals surface area contributed by atoms with E-state index in [-0.39, 0.29) is 19.3 Å². The minimum absolute atomic E-state index is 0.0123. The van der Waals surface area contributed by atoms with Crippen molar-refractivity contribution in [3.8, 4) is 0 Å². The molecule has 0 amide bonds. The standard InChI is InChI=1S/C11H17NO6S/c1-8(2)17-7-6-12(3)19(15,16)10-5-4-9(18-10)11(13)14/h4-5,8H,6-7H2,1-3H3,(H,13,14). The van der Waals surface area contributed by atoms with E-state index in [1.54, 1.807) is 0 Å². The van der Waals surface area contributed by atoms with Crippen LogP contribution >= 0.6 is 0 Å². The van der Waals surface area contributed by atoms with Crippen LogP contribution in [-0.2, 0) is 14.8 Å². The molecule has 108 valence electrons. The highest BCUT2D eigenvalue weighted by Crippen LogP contribution is 2.17. The zero-order valence-electron chi connectivity index (χ0n) is 11.0. The summed E-state index contributed by atoms with van der Waals surface area (Å²) in [6.07, 6.45) is 0.0123. The first kappa shape index (κ1) is 15.7. The second-order valence-electron chi connectivity index (χ2n) is 4.17. The van der Waals surface area contributed by atoms with E-state index in [0.29, 0.717) is 0 Å². The number of furan rings is 1. The summed E-state index contributed by atoms with van der Waals surface area (Å²) >= 11 is 0. The topological polar surface area (TPSA) is 97.0 Å². The molecule has 0 saturated carbocycles. The van der Waals surface area contributed by atoms with E-state index in [2.05, 4.69) is 0 Å². The van der Waals surface area contributed by atoms with Crippen LogP contribution < -0.4 is 0 Å². The predicted octanol–water partition coefficient (Wildman–Crippen LogP) is 1.02. The Hall–Kier alpha value is -1.38. The molecule has 0 bridgehead atoms. The maximum atomic E-state index is 12.0. The number of sulfonamides is 1. The van der Waals surface area contributed by atoms with Gasteiger partial charge in [-0.3, -0.25) is 0 Å². The molecule has 0 fully saturated rings. The monoisotopic (exact) mass is 291 g/mol. The van der Waals surface area contributed by atoms with Crippen molar-refractivity contribution < 1.29 is 27.5 Å². The average molecular weight is 291 g/mol. The van der Waals surface area contributed by atoms with E-state index in [1.165, 1.54) is 7.05 Å². The van der Waals surface area contributed by atoms with Crippen LogP contribution in [-0.4, -0.2) is 50.1 Å². The number of carbonyl (C=O) groups is 1. The molecule has 0 unspecified atom stereocenters. The number of carboxylic acids is 1. The van der Waals surface area contributed by atoms with Gasteiger partial charge in [-0.25, -0.2) is 13.2 Å². The van der Waals surface area contributed by atoms with Gasteiger partial charge in [-0.05, 0) is 26.0 Å². The van der Waals surface area contributed by atoms with Crippen molar-refractivity contribution in [2.45, 2.75) is 25.0 Å². The molecule has 0 spiro atoms. The number of hydrogen-bond donors (Lipinski definition) is 1. The van der Waals surface area contributed by atoms with Crippen molar-refractivity contribution >= 4 is 16.0 Å². The second-order valence-corrected chi connectivity index (χ2v) is 6.15. The average Bonchev–Trinajstić information content (AvgIpc) is 2.78. The minimum Gasteiger partial charge on any atom is -0.475 e. The molecule has 1 heterocycles. The van der Waals surface area contributed by atoms with Crippen LogP contribution in [0.4, 0.5) is 0 Å². The van der Waals surface area contributed by atoms with Gasteiger partial charge in [0, 0.05) is 13.6 Å². The Morgan fingerprint density at radius 2 is 2.11 bits per heavy atom. The number of hydrogen-bond acceptors (Lipinski definition) is 5. The lowest BCUT2D eigenvalue weighted by atomic mass is 10.5. The van der Waals surface area contributed by atoms with E-state index in [0.717, 1.165) is 16.4 Å². The van der Waals surface area contributed by atoms with Gasteiger partial charge in [-0.2, -0.15) is 4.31 Å². The third kappa shape index (κ3) is 4.05. The zero-order chi connectivity index (χ0) is 14.6. The molecule has 0 aliphatic rings. The maximum absolute atomic E-state index is 12.0. The van der Waals surface area contributed by atoms with Gasteiger partial charge in [-0.1, -0.05) is 0 Å². The molecular formula is C11H17NO6S. The summed E-state index contributed by atoms with van der Waals surface area (Å²) in [5.74, 6) is -1.72.